The third-order valence-corrected chi connectivity index (χ3v) is 4.79. The van der Waals surface area contributed by atoms with Crippen LogP contribution in [0.4, 0.5) is 9.59 Å². The molecule has 3 aliphatic heterocycles. The van der Waals surface area contributed by atoms with Gasteiger partial charge in [0.15, 0.2) is 18.2 Å². The normalized spacial score (nSPS) is 33.5. The summed E-state index contributed by atoms with van der Waals surface area (Å²) in [4.78, 5) is 26.3. The van der Waals surface area contributed by atoms with Crippen molar-refractivity contribution in [3.8, 4) is 0 Å². The highest BCUT2D eigenvalue weighted by atomic mass is 16.8. The summed E-state index contributed by atoms with van der Waals surface area (Å²) in [6, 6.07) is -0.823. The number of nitrogens with zero attached hydrogens (tertiary/aromatic N) is 1. The maximum absolute atomic E-state index is 12.7. The Morgan fingerprint density at radius 2 is 2.07 bits per heavy atom. The second kappa shape index (κ2) is 8.22. The van der Waals surface area contributed by atoms with Crippen LogP contribution < -0.4 is 0 Å². The Morgan fingerprint density at radius 3 is 2.72 bits per heavy atom. The van der Waals surface area contributed by atoms with Gasteiger partial charge in [-0.15, -0.1) is 6.58 Å². The summed E-state index contributed by atoms with van der Waals surface area (Å²) in [6.45, 7) is 13.1. The standard InChI is InChI=1S/C20H31NO8/c1-7-8-9-10-24-16-13-15(14-12(26-16)11-25-20(5,6)28-14)27-17(22)21(13)18(23)29-19(2,3)4/h7,12-16H,1,8-11H2,2-6H3/t12-,13+,14-,15-,16+/m1/s1. The fourth-order valence-electron chi connectivity index (χ4n) is 3.59. The zero-order valence-corrected chi connectivity index (χ0v) is 17.7. The van der Waals surface area contributed by atoms with E-state index in [-0.39, 0.29) is 6.61 Å². The molecule has 164 valence electrons. The number of hydrogen-bond acceptors (Lipinski definition) is 8. The first-order valence-corrected chi connectivity index (χ1v) is 9.95. The van der Waals surface area contributed by atoms with Gasteiger partial charge in [0.1, 0.15) is 23.9 Å². The monoisotopic (exact) mass is 413 g/mol. The van der Waals surface area contributed by atoms with Gasteiger partial charge in [-0.1, -0.05) is 6.08 Å². The smallest absolute Gasteiger partial charge is 0.420 e. The molecule has 5 atom stereocenters. The maximum Gasteiger partial charge on any atom is 0.420 e. The first-order valence-electron chi connectivity index (χ1n) is 9.95. The number of carbonyl (C=O) groups excluding carboxylic acids is 2. The van der Waals surface area contributed by atoms with Crippen LogP contribution in [0.5, 0.6) is 0 Å². The fraction of sp³-hybridized carbons (Fsp3) is 0.800. The number of carbonyl (C=O) groups is 2. The van der Waals surface area contributed by atoms with Gasteiger partial charge in [0.2, 0.25) is 0 Å². The minimum atomic E-state index is -0.876. The van der Waals surface area contributed by atoms with Gasteiger partial charge in [0.25, 0.3) is 0 Å². The SMILES string of the molecule is C=CCCCO[C@H]1O[C@@H]2COC(C)(C)O[C@H]2[C@@H]2OC(=O)N(C(=O)OC(C)(C)C)[C@H]12. The largest absolute Gasteiger partial charge is 0.443 e. The highest BCUT2D eigenvalue weighted by Crippen LogP contribution is 2.40. The second-order valence-corrected chi connectivity index (χ2v) is 8.83. The lowest BCUT2D eigenvalue weighted by Gasteiger charge is -2.48. The molecule has 3 heterocycles. The molecule has 3 aliphatic rings. The molecule has 0 unspecified atom stereocenters. The third-order valence-electron chi connectivity index (χ3n) is 4.79. The van der Waals surface area contributed by atoms with E-state index in [0.717, 1.165) is 17.7 Å². The summed E-state index contributed by atoms with van der Waals surface area (Å²) in [5.74, 6) is -0.863. The molecule has 0 saturated carbocycles. The van der Waals surface area contributed by atoms with Gasteiger partial charge < -0.3 is 28.4 Å². The minimum absolute atomic E-state index is 0.261. The molecule has 0 aromatic carbocycles. The quantitative estimate of drug-likeness (QED) is 0.502. The first-order chi connectivity index (χ1) is 13.5. The molecule has 0 spiro atoms. The van der Waals surface area contributed by atoms with E-state index in [9.17, 15) is 9.59 Å². The first kappa shape index (κ1) is 22.0. The van der Waals surface area contributed by atoms with Gasteiger partial charge in [0, 0.05) is 0 Å². The summed E-state index contributed by atoms with van der Waals surface area (Å²) in [7, 11) is 0. The van der Waals surface area contributed by atoms with E-state index in [2.05, 4.69) is 6.58 Å². The van der Waals surface area contributed by atoms with Crippen LogP contribution in [0, 0.1) is 0 Å². The van der Waals surface area contributed by atoms with Crippen molar-refractivity contribution >= 4 is 12.2 Å². The van der Waals surface area contributed by atoms with Crippen LogP contribution in [0.25, 0.3) is 0 Å². The highest BCUT2D eigenvalue weighted by Gasteiger charge is 2.62. The van der Waals surface area contributed by atoms with Crippen molar-refractivity contribution in [2.45, 2.75) is 89.5 Å². The van der Waals surface area contributed by atoms with Crippen LogP contribution in [0.2, 0.25) is 0 Å². The molecule has 0 aromatic rings. The van der Waals surface area contributed by atoms with Gasteiger partial charge in [0.05, 0.1) is 13.2 Å². The van der Waals surface area contributed by atoms with E-state index in [1.807, 2.05) is 0 Å². The average Bonchev–Trinajstić information content (AvgIpc) is 2.94. The Labute approximate surface area is 171 Å². The van der Waals surface area contributed by atoms with Crippen molar-refractivity contribution in [2.75, 3.05) is 13.2 Å². The van der Waals surface area contributed by atoms with Crippen LogP contribution >= 0.6 is 0 Å². The van der Waals surface area contributed by atoms with Crippen molar-refractivity contribution in [3.63, 3.8) is 0 Å². The molecular weight excluding hydrogens is 382 g/mol. The van der Waals surface area contributed by atoms with Gasteiger partial charge in [-0.3, -0.25) is 0 Å². The molecular formula is C20H31NO8. The third kappa shape index (κ3) is 4.91. The van der Waals surface area contributed by atoms with E-state index in [4.69, 9.17) is 28.4 Å². The van der Waals surface area contributed by atoms with Crippen molar-refractivity contribution < 1.29 is 38.0 Å². The molecule has 9 nitrogen and oxygen atoms in total. The number of hydrogen-bond donors (Lipinski definition) is 0. The number of unbranched alkanes of at least 4 members (excludes halogenated alkanes) is 1. The van der Waals surface area contributed by atoms with Crippen molar-refractivity contribution in [3.05, 3.63) is 12.7 Å². The lowest BCUT2D eigenvalue weighted by atomic mass is 9.95. The average molecular weight is 413 g/mol. The zero-order chi connectivity index (χ0) is 21.4. The highest BCUT2D eigenvalue weighted by molar-refractivity contribution is 5.90. The number of amides is 2. The van der Waals surface area contributed by atoms with Gasteiger partial charge >= 0.3 is 12.2 Å². The van der Waals surface area contributed by atoms with Crippen molar-refractivity contribution in [1.29, 1.82) is 0 Å². The second-order valence-electron chi connectivity index (χ2n) is 8.83. The van der Waals surface area contributed by atoms with Gasteiger partial charge in [-0.25, -0.2) is 9.59 Å². The maximum atomic E-state index is 12.7. The summed E-state index contributed by atoms with van der Waals surface area (Å²) in [6.07, 6.45) is -0.999. The molecule has 3 fully saturated rings. The van der Waals surface area contributed by atoms with E-state index >= 15 is 0 Å². The molecule has 0 N–H and O–H groups in total. The fourth-order valence-corrected chi connectivity index (χ4v) is 3.59. The number of rotatable bonds is 5. The Kier molecular flexibility index (Phi) is 6.24. The molecule has 0 radical (unpaired) electrons. The van der Waals surface area contributed by atoms with E-state index in [1.165, 1.54) is 0 Å². The summed E-state index contributed by atoms with van der Waals surface area (Å²) >= 11 is 0. The Morgan fingerprint density at radius 1 is 1.34 bits per heavy atom. The van der Waals surface area contributed by atoms with Crippen LogP contribution in [0.3, 0.4) is 0 Å². The Balaban J connectivity index is 1.84. The summed E-state index contributed by atoms with van der Waals surface area (Å²) in [5.41, 5.74) is -0.773. The van der Waals surface area contributed by atoms with Crippen molar-refractivity contribution in [1.82, 2.24) is 4.90 Å². The molecule has 0 aromatic heterocycles. The number of fused-ring (bicyclic) bond motifs is 3. The topological polar surface area (TPSA) is 92.8 Å². The van der Waals surface area contributed by atoms with E-state index in [0.29, 0.717) is 6.61 Å². The lowest BCUT2D eigenvalue weighted by Crippen LogP contribution is -2.66. The van der Waals surface area contributed by atoms with Crippen LogP contribution in [-0.2, 0) is 28.4 Å². The molecule has 3 saturated heterocycles. The number of allylic oxidation sites excluding steroid dienone is 1. The predicted molar refractivity (Wildman–Crippen MR) is 101 cm³/mol. The summed E-state index contributed by atoms with van der Waals surface area (Å²) < 4.78 is 34.6. The number of ether oxygens (including phenoxy) is 6. The van der Waals surface area contributed by atoms with Crippen molar-refractivity contribution in [2.24, 2.45) is 0 Å². The van der Waals surface area contributed by atoms with E-state index < -0.39 is 54.2 Å². The molecule has 2 amide bonds. The number of imide groups is 1. The molecule has 0 aliphatic carbocycles. The molecule has 0 bridgehead atoms. The molecule has 9 heteroatoms. The molecule has 3 rings (SSSR count). The lowest BCUT2D eigenvalue weighted by molar-refractivity contribution is -0.365. The zero-order valence-electron chi connectivity index (χ0n) is 17.7. The van der Waals surface area contributed by atoms with Crippen LogP contribution in [-0.4, -0.2) is 72.3 Å². The molecule has 29 heavy (non-hydrogen) atoms. The van der Waals surface area contributed by atoms with Crippen LogP contribution in [0.15, 0.2) is 12.7 Å². The minimum Gasteiger partial charge on any atom is -0.443 e. The Bertz CT molecular complexity index is 643. The van der Waals surface area contributed by atoms with Crippen LogP contribution in [0.1, 0.15) is 47.5 Å². The van der Waals surface area contributed by atoms with Gasteiger partial charge in [-0.2, -0.15) is 4.90 Å². The van der Waals surface area contributed by atoms with Gasteiger partial charge in [-0.05, 0) is 47.5 Å². The predicted octanol–water partition coefficient (Wildman–Crippen LogP) is 2.97. The summed E-state index contributed by atoms with van der Waals surface area (Å²) in [5, 5.41) is 0. The van der Waals surface area contributed by atoms with E-state index in [1.54, 1.807) is 40.7 Å². The Hall–Kier alpha value is -1.68.